The monoisotopic (exact) mass is 274 g/mol. The van der Waals surface area contributed by atoms with Crippen LogP contribution in [0.25, 0.3) is 0 Å². The van der Waals surface area contributed by atoms with Crippen LogP contribution in [0.4, 0.5) is 4.39 Å². The van der Waals surface area contributed by atoms with Crippen molar-refractivity contribution in [3.8, 4) is 0 Å². The predicted molar refractivity (Wildman–Crippen MR) is 70.7 cm³/mol. The lowest BCUT2D eigenvalue weighted by molar-refractivity contribution is 0.0725. The van der Waals surface area contributed by atoms with E-state index in [1.807, 2.05) is 6.07 Å². The standard InChI is InChI=1S/C15H15FN2O2/c1-10-8-13(17-20-10)15(19)18-7-3-6-14(18)11-4-2-5-12(16)9-11/h2,4-5,8-9,14H,3,6-7H2,1H3/t14-/m1/s1. The van der Waals surface area contributed by atoms with Gasteiger partial charge in [0.1, 0.15) is 11.6 Å². The van der Waals surface area contributed by atoms with Crippen molar-refractivity contribution in [3.63, 3.8) is 0 Å². The largest absolute Gasteiger partial charge is 0.361 e. The van der Waals surface area contributed by atoms with E-state index < -0.39 is 0 Å². The van der Waals surface area contributed by atoms with Crippen LogP contribution in [0.3, 0.4) is 0 Å². The van der Waals surface area contributed by atoms with Gasteiger partial charge in [-0.25, -0.2) is 4.39 Å². The van der Waals surface area contributed by atoms with E-state index >= 15 is 0 Å². The molecule has 0 radical (unpaired) electrons. The molecule has 3 rings (SSSR count). The lowest BCUT2D eigenvalue weighted by Crippen LogP contribution is -2.30. The normalized spacial score (nSPS) is 18.5. The van der Waals surface area contributed by atoms with E-state index in [-0.39, 0.29) is 17.8 Å². The molecule has 1 aromatic heterocycles. The molecule has 5 heteroatoms. The molecule has 1 saturated heterocycles. The van der Waals surface area contributed by atoms with Crippen molar-refractivity contribution in [3.05, 3.63) is 53.2 Å². The summed E-state index contributed by atoms with van der Waals surface area (Å²) in [7, 11) is 0. The van der Waals surface area contributed by atoms with Gasteiger partial charge in [-0.3, -0.25) is 4.79 Å². The zero-order valence-corrected chi connectivity index (χ0v) is 11.2. The number of amides is 1. The molecule has 2 heterocycles. The first-order chi connectivity index (χ1) is 9.65. The molecular formula is C15H15FN2O2. The first-order valence-corrected chi connectivity index (χ1v) is 6.65. The van der Waals surface area contributed by atoms with Crippen molar-refractivity contribution in [2.24, 2.45) is 0 Å². The molecule has 1 aliphatic heterocycles. The third kappa shape index (κ3) is 2.31. The van der Waals surface area contributed by atoms with Gasteiger partial charge in [0.2, 0.25) is 0 Å². The second-order valence-electron chi connectivity index (χ2n) is 5.03. The number of aromatic nitrogens is 1. The van der Waals surface area contributed by atoms with Gasteiger partial charge in [0.05, 0.1) is 6.04 Å². The van der Waals surface area contributed by atoms with Crippen LogP contribution in [0.5, 0.6) is 0 Å². The molecule has 0 unspecified atom stereocenters. The average molecular weight is 274 g/mol. The maximum atomic E-state index is 13.3. The van der Waals surface area contributed by atoms with Gasteiger partial charge < -0.3 is 9.42 Å². The Kier molecular flexibility index (Phi) is 3.26. The highest BCUT2D eigenvalue weighted by Gasteiger charge is 2.32. The Morgan fingerprint density at radius 3 is 3.00 bits per heavy atom. The summed E-state index contributed by atoms with van der Waals surface area (Å²) in [6, 6.07) is 7.97. The van der Waals surface area contributed by atoms with Crippen LogP contribution >= 0.6 is 0 Å². The van der Waals surface area contributed by atoms with Crippen molar-refractivity contribution in [2.45, 2.75) is 25.8 Å². The summed E-state index contributed by atoms with van der Waals surface area (Å²) in [4.78, 5) is 14.2. The van der Waals surface area contributed by atoms with E-state index in [1.54, 1.807) is 24.0 Å². The molecule has 0 saturated carbocycles. The van der Waals surface area contributed by atoms with Gasteiger partial charge in [0, 0.05) is 12.6 Å². The molecule has 1 aromatic carbocycles. The second kappa shape index (κ2) is 5.07. The van der Waals surface area contributed by atoms with Gasteiger partial charge in [-0.1, -0.05) is 17.3 Å². The highest BCUT2D eigenvalue weighted by atomic mass is 19.1. The summed E-state index contributed by atoms with van der Waals surface area (Å²) in [5.41, 5.74) is 1.14. The Morgan fingerprint density at radius 1 is 1.45 bits per heavy atom. The van der Waals surface area contributed by atoms with Crippen molar-refractivity contribution in [1.82, 2.24) is 10.1 Å². The second-order valence-corrected chi connectivity index (χ2v) is 5.03. The molecule has 1 fully saturated rings. The third-order valence-electron chi connectivity index (χ3n) is 3.59. The van der Waals surface area contributed by atoms with Crippen LogP contribution < -0.4 is 0 Å². The lowest BCUT2D eigenvalue weighted by atomic mass is 10.0. The minimum Gasteiger partial charge on any atom is -0.361 e. The number of carbonyl (C=O) groups is 1. The van der Waals surface area contributed by atoms with Gasteiger partial charge in [-0.2, -0.15) is 0 Å². The highest BCUT2D eigenvalue weighted by Crippen LogP contribution is 2.33. The Bertz CT molecular complexity index is 638. The van der Waals surface area contributed by atoms with E-state index in [0.717, 1.165) is 18.4 Å². The average Bonchev–Trinajstić information content (AvgIpc) is 3.06. The summed E-state index contributed by atoms with van der Waals surface area (Å²) in [5, 5.41) is 3.77. The summed E-state index contributed by atoms with van der Waals surface area (Å²) in [6.07, 6.45) is 1.75. The Labute approximate surface area is 116 Å². The van der Waals surface area contributed by atoms with Gasteiger partial charge in [0.25, 0.3) is 5.91 Å². The van der Waals surface area contributed by atoms with Crippen LogP contribution in [-0.2, 0) is 0 Å². The molecule has 104 valence electrons. The molecule has 1 atom stereocenters. The molecular weight excluding hydrogens is 259 g/mol. The SMILES string of the molecule is Cc1cc(C(=O)N2CCC[C@@H]2c2cccc(F)c2)no1. The van der Waals surface area contributed by atoms with Gasteiger partial charge in [-0.05, 0) is 37.5 Å². The fraction of sp³-hybridized carbons (Fsp3) is 0.333. The molecule has 2 aromatic rings. The quantitative estimate of drug-likeness (QED) is 0.845. The molecule has 4 nitrogen and oxygen atoms in total. The Balaban J connectivity index is 1.87. The van der Waals surface area contributed by atoms with Crippen molar-refractivity contribution >= 4 is 5.91 Å². The molecule has 1 amide bonds. The number of carbonyl (C=O) groups excluding carboxylic acids is 1. The number of aryl methyl sites for hydroxylation is 1. The maximum absolute atomic E-state index is 13.3. The summed E-state index contributed by atoms with van der Waals surface area (Å²) in [5.74, 6) is 0.169. The fourth-order valence-electron chi connectivity index (χ4n) is 2.68. The number of hydrogen-bond donors (Lipinski definition) is 0. The molecule has 0 bridgehead atoms. The molecule has 0 N–H and O–H groups in total. The maximum Gasteiger partial charge on any atom is 0.276 e. The van der Waals surface area contributed by atoms with E-state index in [1.165, 1.54) is 12.1 Å². The Morgan fingerprint density at radius 2 is 2.30 bits per heavy atom. The van der Waals surface area contributed by atoms with E-state index in [2.05, 4.69) is 5.16 Å². The van der Waals surface area contributed by atoms with Crippen LogP contribution in [-0.4, -0.2) is 22.5 Å². The first kappa shape index (κ1) is 12.8. The Hall–Kier alpha value is -2.17. The van der Waals surface area contributed by atoms with Gasteiger partial charge in [-0.15, -0.1) is 0 Å². The molecule has 1 aliphatic rings. The number of rotatable bonds is 2. The summed E-state index contributed by atoms with van der Waals surface area (Å²) >= 11 is 0. The minimum absolute atomic E-state index is 0.0878. The number of benzene rings is 1. The fourth-order valence-corrected chi connectivity index (χ4v) is 2.68. The number of nitrogens with zero attached hydrogens (tertiary/aromatic N) is 2. The summed E-state index contributed by atoms with van der Waals surface area (Å²) < 4.78 is 18.3. The minimum atomic E-state index is -0.279. The molecule has 0 aliphatic carbocycles. The lowest BCUT2D eigenvalue weighted by Gasteiger charge is -2.24. The first-order valence-electron chi connectivity index (χ1n) is 6.65. The van der Waals surface area contributed by atoms with Gasteiger partial charge in [0.15, 0.2) is 5.69 Å². The zero-order chi connectivity index (χ0) is 14.1. The topological polar surface area (TPSA) is 46.3 Å². The van der Waals surface area contributed by atoms with Crippen molar-refractivity contribution in [1.29, 1.82) is 0 Å². The highest BCUT2D eigenvalue weighted by molar-refractivity contribution is 5.92. The van der Waals surface area contributed by atoms with Gasteiger partial charge >= 0.3 is 0 Å². The third-order valence-corrected chi connectivity index (χ3v) is 3.59. The zero-order valence-electron chi connectivity index (χ0n) is 11.2. The predicted octanol–water partition coefficient (Wildman–Crippen LogP) is 3.10. The number of likely N-dealkylation sites (tertiary alicyclic amines) is 1. The van der Waals surface area contributed by atoms with Crippen LogP contribution in [0.1, 0.15) is 40.7 Å². The van der Waals surface area contributed by atoms with Crippen molar-refractivity contribution in [2.75, 3.05) is 6.54 Å². The van der Waals surface area contributed by atoms with E-state index in [0.29, 0.717) is 18.0 Å². The van der Waals surface area contributed by atoms with Crippen molar-refractivity contribution < 1.29 is 13.7 Å². The smallest absolute Gasteiger partial charge is 0.276 e. The van der Waals surface area contributed by atoms with Crippen LogP contribution in [0.2, 0.25) is 0 Å². The molecule has 0 spiro atoms. The number of halogens is 1. The summed E-state index contributed by atoms with van der Waals surface area (Å²) in [6.45, 7) is 2.41. The molecule has 20 heavy (non-hydrogen) atoms. The van der Waals surface area contributed by atoms with Crippen LogP contribution in [0, 0.1) is 12.7 Å². The number of hydrogen-bond acceptors (Lipinski definition) is 3. The van der Waals surface area contributed by atoms with E-state index in [9.17, 15) is 9.18 Å². The van der Waals surface area contributed by atoms with Crippen LogP contribution in [0.15, 0.2) is 34.9 Å². The van der Waals surface area contributed by atoms with E-state index in [4.69, 9.17) is 4.52 Å².